The Morgan fingerprint density at radius 3 is 2.83 bits per heavy atom. The summed E-state index contributed by atoms with van der Waals surface area (Å²) in [6.07, 6.45) is 0.639. The Labute approximate surface area is 129 Å². The average molecular weight is 349 g/mol. The number of nitrogen functional groups attached to an aromatic ring is 1. The van der Waals surface area contributed by atoms with Gasteiger partial charge in [0, 0.05) is 0 Å². The van der Waals surface area contributed by atoms with Crippen LogP contribution >= 0.6 is 7.82 Å². The summed E-state index contributed by atoms with van der Waals surface area (Å²) in [7, 11) is -4.55. The zero-order chi connectivity index (χ0) is 17.0. The highest BCUT2D eigenvalue weighted by atomic mass is 31.2. The standard InChI is InChI=1S/C10H16N5O7P/c11-10-13-8-7(9(17)14-10)12-5-15(8)3-6(4-16)21-1-2-22-23(18,19)20/h5-6,16H,1-4H2,(H2,18,19,20)(H3,11,13,14,17). The molecule has 128 valence electrons. The minimum absolute atomic E-state index is 0.0687. The van der Waals surface area contributed by atoms with E-state index < -0.39 is 19.5 Å². The first kappa shape index (κ1) is 17.5. The minimum atomic E-state index is -4.55. The molecule has 2 aromatic rings. The van der Waals surface area contributed by atoms with Crippen LogP contribution in [0.15, 0.2) is 11.1 Å². The molecule has 12 nitrogen and oxygen atoms in total. The number of nitrogens with two attached hydrogens (primary N) is 1. The second kappa shape index (κ2) is 7.17. The maximum atomic E-state index is 11.7. The van der Waals surface area contributed by atoms with Crippen LogP contribution in [0.1, 0.15) is 0 Å². The van der Waals surface area contributed by atoms with Gasteiger partial charge in [-0.25, -0.2) is 9.55 Å². The van der Waals surface area contributed by atoms with E-state index in [1.165, 1.54) is 10.9 Å². The van der Waals surface area contributed by atoms with Crippen LogP contribution in [0.3, 0.4) is 0 Å². The molecular weight excluding hydrogens is 333 g/mol. The molecule has 2 aromatic heterocycles. The van der Waals surface area contributed by atoms with Crippen molar-refractivity contribution in [3.05, 3.63) is 16.7 Å². The fourth-order valence-corrected chi connectivity index (χ4v) is 2.17. The molecule has 0 radical (unpaired) electrons. The highest BCUT2D eigenvalue weighted by molar-refractivity contribution is 7.46. The maximum Gasteiger partial charge on any atom is 0.469 e. The van der Waals surface area contributed by atoms with Gasteiger partial charge in [0.25, 0.3) is 5.56 Å². The van der Waals surface area contributed by atoms with Gasteiger partial charge in [-0.05, 0) is 0 Å². The quantitative estimate of drug-likeness (QED) is 0.268. The molecule has 23 heavy (non-hydrogen) atoms. The molecule has 0 aliphatic carbocycles. The van der Waals surface area contributed by atoms with Crippen molar-refractivity contribution < 1.29 is 28.7 Å². The van der Waals surface area contributed by atoms with E-state index >= 15 is 0 Å². The van der Waals surface area contributed by atoms with Gasteiger partial charge in [-0.3, -0.25) is 14.3 Å². The molecule has 6 N–H and O–H groups in total. The van der Waals surface area contributed by atoms with Gasteiger partial charge >= 0.3 is 7.82 Å². The molecule has 13 heteroatoms. The largest absolute Gasteiger partial charge is 0.469 e. The molecular formula is C10H16N5O7P. The van der Waals surface area contributed by atoms with Crippen LogP contribution in [0.2, 0.25) is 0 Å². The van der Waals surface area contributed by atoms with Gasteiger partial charge in [0.15, 0.2) is 11.2 Å². The molecule has 0 fully saturated rings. The van der Waals surface area contributed by atoms with Crippen molar-refractivity contribution in [3.63, 3.8) is 0 Å². The summed E-state index contributed by atoms with van der Waals surface area (Å²) in [5, 5.41) is 9.30. The fraction of sp³-hybridized carbons (Fsp3) is 0.500. The predicted molar refractivity (Wildman–Crippen MR) is 77.4 cm³/mol. The van der Waals surface area contributed by atoms with Crippen LogP contribution in [0.5, 0.6) is 0 Å². The van der Waals surface area contributed by atoms with Gasteiger partial charge in [-0.2, -0.15) is 4.98 Å². The predicted octanol–water partition coefficient (Wildman–Crippen LogP) is -1.81. The molecule has 1 unspecified atom stereocenters. The molecule has 0 bridgehead atoms. The van der Waals surface area contributed by atoms with Crippen molar-refractivity contribution in [1.29, 1.82) is 0 Å². The van der Waals surface area contributed by atoms with Crippen molar-refractivity contribution >= 4 is 24.9 Å². The molecule has 0 saturated heterocycles. The zero-order valence-corrected chi connectivity index (χ0v) is 12.7. The van der Waals surface area contributed by atoms with Crippen LogP contribution in [-0.4, -0.2) is 60.3 Å². The number of aliphatic hydroxyl groups excluding tert-OH is 1. The molecule has 0 aromatic carbocycles. The van der Waals surface area contributed by atoms with E-state index in [-0.39, 0.29) is 43.5 Å². The Kier molecular flexibility index (Phi) is 5.46. The summed E-state index contributed by atoms with van der Waals surface area (Å²) in [6.45, 7) is -0.734. The first-order valence-electron chi connectivity index (χ1n) is 6.43. The Balaban J connectivity index is 2.02. The van der Waals surface area contributed by atoms with Gasteiger partial charge in [-0.1, -0.05) is 0 Å². The van der Waals surface area contributed by atoms with Crippen LogP contribution in [-0.2, 0) is 20.4 Å². The number of phosphoric ester groups is 1. The third-order valence-electron chi connectivity index (χ3n) is 2.79. The number of aromatic amines is 1. The van der Waals surface area contributed by atoms with Crippen molar-refractivity contribution in [2.24, 2.45) is 0 Å². The Hall–Kier alpha value is -1.82. The molecule has 2 heterocycles. The Morgan fingerprint density at radius 2 is 2.17 bits per heavy atom. The number of aromatic nitrogens is 4. The first-order valence-corrected chi connectivity index (χ1v) is 7.96. The lowest BCUT2D eigenvalue weighted by molar-refractivity contribution is -0.0115. The van der Waals surface area contributed by atoms with Crippen LogP contribution in [0, 0.1) is 0 Å². The lowest BCUT2D eigenvalue weighted by Gasteiger charge is -2.16. The summed E-state index contributed by atoms with van der Waals surface area (Å²) >= 11 is 0. The zero-order valence-electron chi connectivity index (χ0n) is 11.8. The summed E-state index contributed by atoms with van der Waals surface area (Å²) < 4.78 is 21.5. The van der Waals surface area contributed by atoms with E-state index in [1.54, 1.807) is 0 Å². The van der Waals surface area contributed by atoms with Gasteiger partial charge in [-0.15, -0.1) is 0 Å². The lowest BCUT2D eigenvalue weighted by atomic mass is 10.3. The number of anilines is 1. The van der Waals surface area contributed by atoms with Crippen LogP contribution in [0.25, 0.3) is 11.2 Å². The lowest BCUT2D eigenvalue weighted by Crippen LogP contribution is -2.26. The van der Waals surface area contributed by atoms with E-state index in [0.717, 1.165) is 0 Å². The normalized spacial score (nSPS) is 13.5. The Morgan fingerprint density at radius 1 is 1.43 bits per heavy atom. The molecule has 0 saturated carbocycles. The summed E-state index contributed by atoms with van der Waals surface area (Å²) in [4.78, 5) is 38.9. The Bertz CT molecular complexity index is 769. The number of hydrogen-bond acceptors (Lipinski definition) is 8. The van der Waals surface area contributed by atoms with E-state index in [1.807, 2.05) is 0 Å². The molecule has 1 atom stereocenters. The van der Waals surface area contributed by atoms with E-state index in [0.29, 0.717) is 0 Å². The number of rotatable bonds is 8. The number of H-pyrrole nitrogens is 1. The van der Waals surface area contributed by atoms with Crippen LogP contribution in [0.4, 0.5) is 5.95 Å². The maximum absolute atomic E-state index is 11.7. The smallest absolute Gasteiger partial charge is 0.394 e. The van der Waals surface area contributed by atoms with Gasteiger partial charge in [0.05, 0.1) is 38.8 Å². The van der Waals surface area contributed by atoms with Gasteiger partial charge < -0.3 is 29.9 Å². The number of phosphoric acid groups is 1. The molecule has 0 spiro atoms. The third kappa shape index (κ3) is 4.82. The highest BCUT2D eigenvalue weighted by Gasteiger charge is 2.16. The third-order valence-corrected chi connectivity index (χ3v) is 3.31. The van der Waals surface area contributed by atoms with Crippen molar-refractivity contribution in [1.82, 2.24) is 19.5 Å². The second-order valence-corrected chi connectivity index (χ2v) is 5.76. The van der Waals surface area contributed by atoms with Gasteiger partial charge in [0.1, 0.15) is 0 Å². The number of imidazole rings is 1. The highest BCUT2D eigenvalue weighted by Crippen LogP contribution is 2.35. The number of nitrogens with one attached hydrogen (secondary N) is 1. The monoisotopic (exact) mass is 349 g/mol. The molecule has 2 rings (SSSR count). The molecule has 0 amide bonds. The van der Waals surface area contributed by atoms with Crippen molar-refractivity contribution in [2.45, 2.75) is 12.6 Å². The molecule has 0 aliphatic heterocycles. The van der Waals surface area contributed by atoms with E-state index in [2.05, 4.69) is 19.5 Å². The topological polar surface area (TPSA) is 186 Å². The first-order chi connectivity index (χ1) is 10.8. The van der Waals surface area contributed by atoms with E-state index in [9.17, 15) is 14.5 Å². The van der Waals surface area contributed by atoms with E-state index in [4.69, 9.17) is 20.3 Å². The second-order valence-electron chi connectivity index (χ2n) is 4.52. The number of nitrogens with zero attached hydrogens (tertiary/aromatic N) is 3. The fourth-order valence-electron chi connectivity index (χ4n) is 1.86. The van der Waals surface area contributed by atoms with Crippen molar-refractivity contribution in [3.8, 4) is 0 Å². The molecule has 0 aliphatic rings. The number of fused-ring (bicyclic) bond motifs is 1. The number of ether oxygens (including phenoxy) is 1. The van der Waals surface area contributed by atoms with Gasteiger partial charge in [0.2, 0.25) is 5.95 Å². The van der Waals surface area contributed by atoms with Crippen molar-refractivity contribution in [2.75, 3.05) is 25.6 Å². The minimum Gasteiger partial charge on any atom is -0.394 e. The summed E-state index contributed by atoms with van der Waals surface area (Å²) in [6, 6.07) is 0. The summed E-state index contributed by atoms with van der Waals surface area (Å²) in [5.74, 6) is -0.0687. The summed E-state index contributed by atoms with van der Waals surface area (Å²) in [5.41, 5.74) is 5.33. The number of hydrogen-bond donors (Lipinski definition) is 5. The van der Waals surface area contributed by atoms with Crippen LogP contribution < -0.4 is 11.3 Å². The average Bonchev–Trinajstić information content (AvgIpc) is 2.84. The SMILES string of the molecule is Nc1nc2c(ncn2CC(CO)OCCOP(=O)(O)O)c(=O)[nH]1. The number of aliphatic hydroxyl groups is 1.